The summed E-state index contributed by atoms with van der Waals surface area (Å²) >= 11 is 6.40. The first-order valence-corrected chi connectivity index (χ1v) is 12.9. The van der Waals surface area contributed by atoms with Gasteiger partial charge in [-0.1, -0.05) is 50.6 Å². The molecular formula is C23H25ClN4O5S. The molecule has 1 aromatic carbocycles. The minimum absolute atomic E-state index is 0.141. The van der Waals surface area contributed by atoms with Gasteiger partial charge in [-0.15, -0.1) is 0 Å². The van der Waals surface area contributed by atoms with Crippen LogP contribution in [0, 0.1) is 5.41 Å². The number of carbonyl (C=O) groups is 1. The van der Waals surface area contributed by atoms with Crippen LogP contribution in [0.5, 0.6) is 0 Å². The van der Waals surface area contributed by atoms with Crippen molar-refractivity contribution in [3.63, 3.8) is 0 Å². The SMILES string of the molecule is CC(C)(C)C1C(n2c(=O)c(-c3ccccc3Cl)cc3cnc(S(C)(=O)=O)nc32)CCN1C(=O)O. The number of rotatable bonds is 3. The summed E-state index contributed by atoms with van der Waals surface area (Å²) in [6.45, 7) is 5.96. The zero-order chi connectivity index (χ0) is 25.0. The Morgan fingerprint density at radius 1 is 1.21 bits per heavy atom. The number of benzene rings is 1. The van der Waals surface area contributed by atoms with Crippen LogP contribution in [0.3, 0.4) is 0 Å². The lowest BCUT2D eigenvalue weighted by molar-refractivity contribution is 0.0927. The first-order chi connectivity index (χ1) is 15.8. The Morgan fingerprint density at radius 3 is 2.47 bits per heavy atom. The molecule has 1 fully saturated rings. The second-order valence-electron chi connectivity index (χ2n) is 9.56. The molecule has 1 aliphatic heterocycles. The highest BCUT2D eigenvalue weighted by Gasteiger charge is 2.46. The highest BCUT2D eigenvalue weighted by molar-refractivity contribution is 7.90. The van der Waals surface area contributed by atoms with Crippen molar-refractivity contribution in [3.8, 4) is 11.1 Å². The van der Waals surface area contributed by atoms with Crippen LogP contribution in [0.2, 0.25) is 5.02 Å². The summed E-state index contributed by atoms with van der Waals surface area (Å²) in [5.74, 6) is 0. The molecule has 0 spiro atoms. The fraction of sp³-hybridized carbons (Fsp3) is 0.391. The number of nitrogens with zero attached hydrogens (tertiary/aromatic N) is 4. The molecule has 1 saturated heterocycles. The van der Waals surface area contributed by atoms with E-state index in [1.165, 1.54) is 15.7 Å². The average Bonchev–Trinajstić information content (AvgIpc) is 3.18. The van der Waals surface area contributed by atoms with E-state index in [0.717, 1.165) is 6.26 Å². The fourth-order valence-corrected chi connectivity index (χ4v) is 5.50. The normalized spacial score (nSPS) is 19.0. The predicted molar refractivity (Wildman–Crippen MR) is 129 cm³/mol. The lowest BCUT2D eigenvalue weighted by Crippen LogP contribution is -2.47. The van der Waals surface area contributed by atoms with Gasteiger partial charge in [0.1, 0.15) is 5.65 Å². The molecule has 2 unspecified atom stereocenters. The van der Waals surface area contributed by atoms with Crippen LogP contribution in [0.1, 0.15) is 33.2 Å². The van der Waals surface area contributed by atoms with Crippen LogP contribution in [0.25, 0.3) is 22.2 Å². The first-order valence-electron chi connectivity index (χ1n) is 10.7. The number of hydrogen-bond donors (Lipinski definition) is 1. The molecule has 2 aromatic heterocycles. The molecule has 3 heterocycles. The molecular weight excluding hydrogens is 480 g/mol. The number of likely N-dealkylation sites (tertiary alicyclic amines) is 1. The summed E-state index contributed by atoms with van der Waals surface area (Å²) in [6, 6.07) is 7.38. The average molecular weight is 505 g/mol. The maximum atomic E-state index is 14.0. The number of amides is 1. The second-order valence-corrected chi connectivity index (χ2v) is 11.9. The first kappa shape index (κ1) is 24.2. The van der Waals surface area contributed by atoms with Crippen LogP contribution in [-0.4, -0.2) is 57.9 Å². The van der Waals surface area contributed by atoms with Crippen LogP contribution < -0.4 is 5.56 Å². The quantitative estimate of drug-likeness (QED) is 0.537. The Morgan fingerprint density at radius 2 is 1.88 bits per heavy atom. The zero-order valence-corrected chi connectivity index (χ0v) is 20.8. The van der Waals surface area contributed by atoms with Gasteiger partial charge in [0, 0.05) is 40.5 Å². The van der Waals surface area contributed by atoms with Gasteiger partial charge >= 0.3 is 6.09 Å². The number of fused-ring (bicyclic) bond motifs is 1. The van der Waals surface area contributed by atoms with Gasteiger partial charge in [0.15, 0.2) is 0 Å². The van der Waals surface area contributed by atoms with Gasteiger partial charge in [0.25, 0.3) is 5.56 Å². The largest absolute Gasteiger partial charge is 0.465 e. The van der Waals surface area contributed by atoms with Crippen LogP contribution in [0.4, 0.5) is 4.79 Å². The highest BCUT2D eigenvalue weighted by atomic mass is 35.5. The molecule has 0 saturated carbocycles. The van der Waals surface area contributed by atoms with E-state index in [2.05, 4.69) is 9.97 Å². The highest BCUT2D eigenvalue weighted by Crippen LogP contribution is 2.41. The van der Waals surface area contributed by atoms with Crippen LogP contribution >= 0.6 is 11.6 Å². The zero-order valence-electron chi connectivity index (χ0n) is 19.2. The Balaban J connectivity index is 2.09. The minimum atomic E-state index is -3.75. The summed E-state index contributed by atoms with van der Waals surface area (Å²) in [5.41, 5.74) is 0.0129. The van der Waals surface area contributed by atoms with Crippen molar-refractivity contribution in [2.45, 2.75) is 44.4 Å². The van der Waals surface area contributed by atoms with Crippen molar-refractivity contribution in [3.05, 3.63) is 51.9 Å². The van der Waals surface area contributed by atoms with E-state index < -0.39 is 44.1 Å². The predicted octanol–water partition coefficient (Wildman–Crippen LogP) is 3.85. The van der Waals surface area contributed by atoms with E-state index in [4.69, 9.17) is 11.6 Å². The van der Waals surface area contributed by atoms with Crippen molar-refractivity contribution in [2.75, 3.05) is 12.8 Å². The number of hydrogen-bond acceptors (Lipinski definition) is 6. The lowest BCUT2D eigenvalue weighted by atomic mass is 9.82. The summed E-state index contributed by atoms with van der Waals surface area (Å²) in [7, 11) is -3.75. The molecule has 9 nitrogen and oxygen atoms in total. The standard InChI is InChI=1S/C23H25ClN4O5S/c1-23(2,3)18-17(9-10-27(18)22(30)31)28-19-13(12-25-21(26-19)34(4,32)33)11-15(20(28)29)14-7-5-6-8-16(14)24/h5-8,11-12,17-18H,9-10H2,1-4H3,(H,30,31). The van der Waals surface area contributed by atoms with Gasteiger partial charge in [0.05, 0.1) is 12.1 Å². The van der Waals surface area contributed by atoms with Crippen molar-refractivity contribution in [1.29, 1.82) is 0 Å². The van der Waals surface area contributed by atoms with Crippen LogP contribution in [0.15, 0.2) is 46.5 Å². The Kier molecular flexibility index (Phi) is 5.93. The van der Waals surface area contributed by atoms with Crippen molar-refractivity contribution in [2.24, 2.45) is 5.41 Å². The van der Waals surface area contributed by atoms with E-state index in [9.17, 15) is 23.1 Å². The topological polar surface area (TPSA) is 122 Å². The summed E-state index contributed by atoms with van der Waals surface area (Å²) < 4.78 is 25.8. The number of aromatic nitrogens is 3. The molecule has 0 bridgehead atoms. The van der Waals surface area contributed by atoms with Crippen LogP contribution in [-0.2, 0) is 9.84 Å². The van der Waals surface area contributed by atoms with Gasteiger partial charge in [0.2, 0.25) is 15.0 Å². The summed E-state index contributed by atoms with van der Waals surface area (Å²) in [6.07, 6.45) is 1.65. The smallest absolute Gasteiger partial charge is 0.407 e. The third kappa shape index (κ3) is 4.16. The second kappa shape index (κ2) is 8.35. The summed E-state index contributed by atoms with van der Waals surface area (Å²) in [4.78, 5) is 35.6. The van der Waals surface area contributed by atoms with E-state index in [1.54, 1.807) is 30.3 Å². The van der Waals surface area contributed by atoms with Crippen molar-refractivity contribution < 1.29 is 18.3 Å². The maximum Gasteiger partial charge on any atom is 0.407 e. The number of halogens is 1. The molecule has 34 heavy (non-hydrogen) atoms. The van der Waals surface area contributed by atoms with Gasteiger partial charge < -0.3 is 10.0 Å². The molecule has 4 rings (SSSR count). The van der Waals surface area contributed by atoms with E-state index in [0.29, 0.717) is 28.0 Å². The van der Waals surface area contributed by atoms with Gasteiger partial charge in [-0.25, -0.2) is 18.2 Å². The van der Waals surface area contributed by atoms with Gasteiger partial charge in [-0.2, -0.15) is 4.98 Å². The molecule has 3 aromatic rings. The molecule has 1 aliphatic rings. The van der Waals surface area contributed by atoms with E-state index in [-0.39, 0.29) is 12.2 Å². The molecule has 0 radical (unpaired) electrons. The molecule has 180 valence electrons. The third-order valence-electron chi connectivity index (χ3n) is 6.08. The Bertz CT molecular complexity index is 1460. The molecule has 2 atom stereocenters. The minimum Gasteiger partial charge on any atom is -0.465 e. The van der Waals surface area contributed by atoms with Crippen molar-refractivity contribution >= 4 is 38.6 Å². The molecule has 1 amide bonds. The van der Waals surface area contributed by atoms with Gasteiger partial charge in [-0.3, -0.25) is 9.36 Å². The molecule has 1 N–H and O–H groups in total. The lowest BCUT2D eigenvalue weighted by Gasteiger charge is -2.37. The maximum absolute atomic E-state index is 14.0. The van der Waals surface area contributed by atoms with E-state index in [1.807, 2.05) is 20.8 Å². The Labute approximate surface area is 201 Å². The monoisotopic (exact) mass is 504 g/mol. The van der Waals surface area contributed by atoms with E-state index >= 15 is 0 Å². The number of pyridine rings is 1. The molecule has 0 aliphatic carbocycles. The van der Waals surface area contributed by atoms with Crippen molar-refractivity contribution in [1.82, 2.24) is 19.4 Å². The summed E-state index contributed by atoms with van der Waals surface area (Å²) in [5, 5.41) is 10.3. The number of carboxylic acid groups (broad SMARTS) is 1. The van der Waals surface area contributed by atoms with Gasteiger partial charge in [-0.05, 0) is 24.0 Å². The third-order valence-corrected chi connectivity index (χ3v) is 7.27. The molecule has 11 heteroatoms. The Hall–Kier alpha value is -2.98. The number of sulfone groups is 1. The fourth-order valence-electron chi connectivity index (χ4n) is 4.77.